The zero-order valence-electron chi connectivity index (χ0n) is 11.9. The van der Waals surface area contributed by atoms with Crippen LogP contribution >= 0.6 is 0 Å². The van der Waals surface area contributed by atoms with Gasteiger partial charge in [0.05, 0.1) is 13.2 Å². The van der Waals surface area contributed by atoms with Crippen LogP contribution in [0.25, 0.3) is 11.0 Å². The van der Waals surface area contributed by atoms with Gasteiger partial charge in [-0.1, -0.05) is 32.0 Å². The van der Waals surface area contributed by atoms with Gasteiger partial charge in [-0.2, -0.15) is 0 Å². The van der Waals surface area contributed by atoms with Crippen molar-refractivity contribution in [2.24, 2.45) is 0 Å². The fourth-order valence-electron chi connectivity index (χ4n) is 2.15. The predicted octanol–water partition coefficient (Wildman–Crippen LogP) is 3.86. The first kappa shape index (κ1) is 14.1. The molecule has 0 bridgehead atoms. The summed E-state index contributed by atoms with van der Waals surface area (Å²) in [7, 11) is 0. The van der Waals surface area contributed by atoms with Gasteiger partial charge in [0.1, 0.15) is 11.3 Å². The summed E-state index contributed by atoms with van der Waals surface area (Å²) in [6.07, 6.45) is 2.17. The Morgan fingerprint density at radius 1 is 1.16 bits per heavy atom. The number of hydrogen-bond acceptors (Lipinski definition) is 3. The average molecular weight is 261 g/mol. The van der Waals surface area contributed by atoms with Gasteiger partial charge in [-0.3, -0.25) is 0 Å². The smallest absolute Gasteiger partial charge is 0.134 e. The Morgan fingerprint density at radius 3 is 2.79 bits per heavy atom. The molecule has 3 nitrogen and oxygen atoms in total. The van der Waals surface area contributed by atoms with Crippen LogP contribution in [0.1, 0.15) is 38.0 Å². The van der Waals surface area contributed by atoms with Crippen LogP contribution < -0.4 is 5.32 Å². The van der Waals surface area contributed by atoms with E-state index >= 15 is 0 Å². The first-order valence-corrected chi connectivity index (χ1v) is 7.14. The molecule has 19 heavy (non-hydrogen) atoms. The Kier molecular flexibility index (Phi) is 5.43. The predicted molar refractivity (Wildman–Crippen MR) is 78.2 cm³/mol. The summed E-state index contributed by atoms with van der Waals surface area (Å²) in [5, 5.41) is 4.57. The van der Waals surface area contributed by atoms with E-state index in [0.717, 1.165) is 43.9 Å². The molecule has 3 heteroatoms. The largest absolute Gasteiger partial charge is 0.459 e. The Balaban J connectivity index is 2.18. The van der Waals surface area contributed by atoms with Gasteiger partial charge in [0.25, 0.3) is 0 Å². The van der Waals surface area contributed by atoms with E-state index in [9.17, 15) is 0 Å². The summed E-state index contributed by atoms with van der Waals surface area (Å²) in [6, 6.07) is 8.17. The Morgan fingerprint density at radius 2 is 2.00 bits per heavy atom. The first-order valence-electron chi connectivity index (χ1n) is 7.14. The van der Waals surface area contributed by atoms with Crippen molar-refractivity contribution in [2.75, 3.05) is 13.2 Å². The molecule has 0 aliphatic rings. The van der Waals surface area contributed by atoms with E-state index in [2.05, 4.69) is 25.2 Å². The average Bonchev–Trinajstić information content (AvgIpc) is 2.78. The third kappa shape index (κ3) is 3.58. The van der Waals surface area contributed by atoms with E-state index < -0.39 is 0 Å². The van der Waals surface area contributed by atoms with Crippen LogP contribution in [0.15, 0.2) is 28.7 Å². The summed E-state index contributed by atoms with van der Waals surface area (Å²) in [5.74, 6) is 1.01. The lowest BCUT2D eigenvalue weighted by Crippen LogP contribution is -2.14. The van der Waals surface area contributed by atoms with Gasteiger partial charge in [0.2, 0.25) is 0 Å². The van der Waals surface area contributed by atoms with Crippen LogP contribution in [-0.4, -0.2) is 13.2 Å². The lowest BCUT2D eigenvalue weighted by atomic mass is 10.1. The maximum absolute atomic E-state index is 5.93. The van der Waals surface area contributed by atoms with Crippen LogP contribution in [-0.2, 0) is 17.9 Å². The minimum absolute atomic E-state index is 0.633. The standard InChI is InChI=1S/C16H23NO2/c1-3-9-17-11-16-14(12-18-10-4-2)13-7-5-6-8-15(13)19-16/h5-8,17H,3-4,9-12H2,1-2H3. The number of furan rings is 1. The number of rotatable bonds is 8. The Bertz CT molecular complexity index is 504. The maximum atomic E-state index is 5.93. The number of ether oxygens (including phenoxy) is 1. The molecule has 2 aromatic rings. The molecule has 1 aromatic heterocycles. The van der Waals surface area contributed by atoms with Crippen LogP contribution in [0.2, 0.25) is 0 Å². The number of fused-ring (bicyclic) bond motifs is 1. The highest BCUT2D eigenvalue weighted by molar-refractivity contribution is 5.82. The van der Waals surface area contributed by atoms with Crippen molar-refractivity contribution in [3.63, 3.8) is 0 Å². The summed E-state index contributed by atoms with van der Waals surface area (Å²) in [6.45, 7) is 7.49. The Hall–Kier alpha value is -1.32. The fourth-order valence-corrected chi connectivity index (χ4v) is 2.15. The van der Waals surface area contributed by atoms with Gasteiger partial charge in [-0.15, -0.1) is 0 Å². The van der Waals surface area contributed by atoms with Gasteiger partial charge in [-0.05, 0) is 25.5 Å². The van der Waals surface area contributed by atoms with Crippen molar-refractivity contribution in [3.8, 4) is 0 Å². The molecule has 0 aliphatic heterocycles. The highest BCUT2D eigenvalue weighted by Crippen LogP contribution is 2.26. The third-order valence-corrected chi connectivity index (χ3v) is 3.09. The lowest BCUT2D eigenvalue weighted by molar-refractivity contribution is 0.121. The van der Waals surface area contributed by atoms with Gasteiger partial charge in [0.15, 0.2) is 0 Å². The molecule has 0 aliphatic carbocycles. The van der Waals surface area contributed by atoms with Crippen LogP contribution in [0.4, 0.5) is 0 Å². The molecule has 0 amide bonds. The summed E-state index contributed by atoms with van der Waals surface area (Å²) in [4.78, 5) is 0. The summed E-state index contributed by atoms with van der Waals surface area (Å²) >= 11 is 0. The lowest BCUT2D eigenvalue weighted by Gasteiger charge is -2.05. The van der Waals surface area contributed by atoms with Crippen molar-refractivity contribution in [2.45, 2.75) is 39.8 Å². The first-order chi connectivity index (χ1) is 9.36. The molecule has 1 aromatic carbocycles. The minimum Gasteiger partial charge on any atom is -0.459 e. The highest BCUT2D eigenvalue weighted by Gasteiger charge is 2.13. The normalized spacial score (nSPS) is 11.3. The minimum atomic E-state index is 0.633. The third-order valence-electron chi connectivity index (χ3n) is 3.09. The van der Waals surface area contributed by atoms with E-state index in [0.29, 0.717) is 6.61 Å². The van der Waals surface area contributed by atoms with Crippen LogP contribution in [0.3, 0.4) is 0 Å². The van der Waals surface area contributed by atoms with Crippen LogP contribution in [0.5, 0.6) is 0 Å². The van der Waals surface area contributed by atoms with Gasteiger partial charge in [-0.25, -0.2) is 0 Å². The molecule has 0 saturated heterocycles. The molecule has 0 radical (unpaired) electrons. The van der Waals surface area contributed by atoms with Gasteiger partial charge < -0.3 is 14.5 Å². The summed E-state index contributed by atoms with van der Waals surface area (Å²) < 4.78 is 11.6. The zero-order chi connectivity index (χ0) is 13.5. The van der Waals surface area contributed by atoms with Crippen LogP contribution in [0, 0.1) is 0 Å². The van der Waals surface area contributed by atoms with Gasteiger partial charge in [0, 0.05) is 17.6 Å². The second kappa shape index (κ2) is 7.31. The van der Waals surface area contributed by atoms with E-state index in [1.54, 1.807) is 0 Å². The molecule has 1 N–H and O–H groups in total. The monoisotopic (exact) mass is 261 g/mol. The topological polar surface area (TPSA) is 34.4 Å². The number of benzene rings is 1. The molecule has 2 rings (SSSR count). The molecule has 0 unspecified atom stereocenters. The highest BCUT2D eigenvalue weighted by atomic mass is 16.5. The molecule has 0 fully saturated rings. The van der Waals surface area contributed by atoms with Crippen molar-refractivity contribution in [1.82, 2.24) is 5.32 Å². The summed E-state index contributed by atoms with van der Waals surface area (Å²) in [5.41, 5.74) is 2.14. The number of para-hydroxylation sites is 1. The molecule has 104 valence electrons. The maximum Gasteiger partial charge on any atom is 0.134 e. The fraction of sp³-hybridized carbons (Fsp3) is 0.500. The molecule has 0 atom stereocenters. The second-order valence-corrected chi connectivity index (χ2v) is 4.73. The van der Waals surface area contributed by atoms with Crippen molar-refractivity contribution in [1.29, 1.82) is 0 Å². The quantitative estimate of drug-likeness (QED) is 0.733. The number of nitrogens with one attached hydrogen (secondary N) is 1. The number of hydrogen-bond donors (Lipinski definition) is 1. The zero-order valence-corrected chi connectivity index (χ0v) is 11.9. The SMILES string of the molecule is CCCNCc1oc2ccccc2c1COCCC. The van der Waals surface area contributed by atoms with Crippen molar-refractivity contribution < 1.29 is 9.15 Å². The Labute approximate surface area is 114 Å². The molecular weight excluding hydrogens is 238 g/mol. The van der Waals surface area contributed by atoms with Crippen molar-refractivity contribution >= 4 is 11.0 Å². The molecule has 1 heterocycles. The van der Waals surface area contributed by atoms with Crippen molar-refractivity contribution in [3.05, 3.63) is 35.6 Å². The van der Waals surface area contributed by atoms with E-state index in [1.807, 2.05) is 18.2 Å². The molecular formula is C16H23NO2. The second-order valence-electron chi connectivity index (χ2n) is 4.73. The van der Waals surface area contributed by atoms with E-state index in [1.165, 1.54) is 10.9 Å². The van der Waals surface area contributed by atoms with E-state index in [4.69, 9.17) is 9.15 Å². The van der Waals surface area contributed by atoms with E-state index in [-0.39, 0.29) is 0 Å². The molecule has 0 spiro atoms. The van der Waals surface area contributed by atoms with Gasteiger partial charge >= 0.3 is 0 Å². The molecule has 0 saturated carbocycles.